The fourth-order valence-corrected chi connectivity index (χ4v) is 2.95. The Morgan fingerprint density at radius 2 is 2.32 bits per heavy atom. The lowest BCUT2D eigenvalue weighted by Gasteiger charge is -1.94. The minimum Gasteiger partial charge on any atom is -0.297 e. The minimum absolute atomic E-state index is 0.0717. The molecule has 5 heteroatoms. The highest BCUT2D eigenvalue weighted by Crippen LogP contribution is 2.18. The average Bonchev–Trinajstić information content (AvgIpc) is 2.68. The summed E-state index contributed by atoms with van der Waals surface area (Å²) in [5.74, 6) is 0. The van der Waals surface area contributed by atoms with E-state index in [-0.39, 0.29) is 5.57 Å². The molecule has 0 saturated carbocycles. The first kappa shape index (κ1) is 13.5. The molecule has 2 rings (SSSR count). The molecular weight excluding hydrogens is 276 g/mol. The number of rotatable bonds is 2. The third kappa shape index (κ3) is 2.92. The van der Waals surface area contributed by atoms with Gasteiger partial charge in [0.25, 0.3) is 0 Å². The topological polar surface area (TPSA) is 53.8 Å². The highest BCUT2D eigenvalue weighted by atomic mass is 32.2. The van der Waals surface area contributed by atoms with Gasteiger partial charge in [-0.3, -0.25) is 4.79 Å². The van der Waals surface area contributed by atoms with Crippen molar-refractivity contribution in [2.45, 2.75) is 6.92 Å². The molecular formula is C14H10N2OS2. The van der Waals surface area contributed by atoms with Gasteiger partial charge in [-0.2, -0.15) is 5.26 Å². The van der Waals surface area contributed by atoms with Crippen LogP contribution in [0.5, 0.6) is 0 Å². The largest absolute Gasteiger partial charge is 0.297 e. The van der Waals surface area contributed by atoms with Crippen molar-refractivity contribution < 1.29 is 4.79 Å². The fraction of sp³-hybridized carbons (Fsp3) is 0.0714. The Morgan fingerprint density at radius 3 is 3.00 bits per heavy atom. The number of thioether (sulfide) groups is 1. The molecule has 0 spiro atoms. The summed E-state index contributed by atoms with van der Waals surface area (Å²) in [4.78, 5) is 15.3. The van der Waals surface area contributed by atoms with E-state index in [2.05, 4.69) is 4.98 Å². The summed E-state index contributed by atoms with van der Waals surface area (Å²) in [5, 5.41) is 12.9. The molecule has 0 saturated heterocycles. The van der Waals surface area contributed by atoms with Crippen molar-refractivity contribution in [2.75, 3.05) is 0 Å². The van der Waals surface area contributed by atoms with Gasteiger partial charge >= 0.3 is 0 Å². The van der Waals surface area contributed by atoms with E-state index in [4.69, 9.17) is 5.26 Å². The Balaban J connectivity index is 2.70. The predicted molar refractivity (Wildman–Crippen MR) is 80.4 cm³/mol. The maximum absolute atomic E-state index is 10.8. The van der Waals surface area contributed by atoms with Gasteiger partial charge in [0.05, 0.1) is 10.2 Å². The zero-order valence-corrected chi connectivity index (χ0v) is 11.8. The number of thiazole rings is 1. The third-order valence-corrected chi connectivity index (χ3v) is 4.18. The number of nitrogens with zero attached hydrogens (tertiary/aromatic N) is 2. The van der Waals surface area contributed by atoms with Gasteiger partial charge in [0.2, 0.25) is 0 Å². The number of allylic oxidation sites excluding steroid dienone is 4. The minimum atomic E-state index is 0.0717. The number of carbonyl (C=O) groups excluding carboxylic acids is 1. The molecule has 0 fully saturated rings. The second-order valence-electron chi connectivity index (χ2n) is 3.55. The van der Waals surface area contributed by atoms with Crippen LogP contribution in [0.3, 0.4) is 0 Å². The van der Waals surface area contributed by atoms with Crippen LogP contribution in [0.15, 0.2) is 29.0 Å². The van der Waals surface area contributed by atoms with Crippen molar-refractivity contribution in [3.8, 4) is 6.07 Å². The molecule has 0 bridgehead atoms. The molecule has 94 valence electrons. The van der Waals surface area contributed by atoms with Crippen molar-refractivity contribution >= 4 is 46.6 Å². The van der Waals surface area contributed by atoms with Gasteiger partial charge in [-0.05, 0) is 23.8 Å². The van der Waals surface area contributed by atoms with Crippen LogP contribution in [0.25, 0.3) is 17.2 Å². The SMILES string of the molecule is C/C=c1\s/c(=C(/C#N)C=O)nc1C1=CC=CSC=C1. The van der Waals surface area contributed by atoms with Crippen LogP contribution >= 0.6 is 23.1 Å². The lowest BCUT2D eigenvalue weighted by atomic mass is 10.2. The van der Waals surface area contributed by atoms with Crippen LogP contribution in [0, 0.1) is 11.3 Å². The molecule has 0 amide bonds. The fourth-order valence-electron chi connectivity index (χ4n) is 1.53. The predicted octanol–water partition coefficient (Wildman–Crippen LogP) is 1.97. The molecule has 19 heavy (non-hydrogen) atoms. The van der Waals surface area contributed by atoms with E-state index in [1.165, 1.54) is 11.3 Å². The van der Waals surface area contributed by atoms with Gasteiger partial charge in [-0.15, -0.1) is 23.1 Å². The Bertz CT molecular complexity index is 745. The van der Waals surface area contributed by atoms with Crippen molar-refractivity contribution in [2.24, 2.45) is 0 Å². The maximum Gasteiger partial charge on any atom is 0.163 e. The van der Waals surface area contributed by atoms with E-state index in [9.17, 15) is 4.79 Å². The Morgan fingerprint density at radius 1 is 1.47 bits per heavy atom. The zero-order chi connectivity index (χ0) is 13.7. The van der Waals surface area contributed by atoms with Crippen LogP contribution in [-0.4, -0.2) is 11.3 Å². The molecule has 0 radical (unpaired) electrons. The van der Waals surface area contributed by atoms with Crippen LogP contribution < -0.4 is 9.20 Å². The monoisotopic (exact) mass is 286 g/mol. The van der Waals surface area contributed by atoms with Gasteiger partial charge in [-0.25, -0.2) is 4.98 Å². The molecule has 1 aromatic heterocycles. The van der Waals surface area contributed by atoms with Crippen molar-refractivity contribution in [3.05, 3.63) is 43.9 Å². The zero-order valence-electron chi connectivity index (χ0n) is 10.2. The van der Waals surface area contributed by atoms with Crippen molar-refractivity contribution in [1.82, 2.24) is 4.98 Å². The summed E-state index contributed by atoms with van der Waals surface area (Å²) in [6.07, 6.45) is 8.38. The first-order chi connectivity index (χ1) is 9.30. The van der Waals surface area contributed by atoms with Crippen molar-refractivity contribution in [1.29, 1.82) is 5.26 Å². The highest BCUT2D eigenvalue weighted by molar-refractivity contribution is 8.04. The third-order valence-electron chi connectivity index (χ3n) is 2.42. The number of aromatic nitrogens is 1. The van der Waals surface area contributed by atoms with E-state index >= 15 is 0 Å². The summed E-state index contributed by atoms with van der Waals surface area (Å²) in [6.45, 7) is 1.92. The van der Waals surface area contributed by atoms with Crippen molar-refractivity contribution in [3.63, 3.8) is 0 Å². The van der Waals surface area contributed by atoms with Gasteiger partial charge in [0.15, 0.2) is 6.29 Å². The van der Waals surface area contributed by atoms with Crippen LogP contribution in [-0.2, 0) is 4.79 Å². The number of nitriles is 1. The van der Waals surface area contributed by atoms with E-state index < -0.39 is 0 Å². The van der Waals surface area contributed by atoms with Gasteiger partial charge in [0.1, 0.15) is 16.3 Å². The number of carbonyl (C=O) groups is 1. The second kappa shape index (κ2) is 6.32. The molecule has 0 aromatic carbocycles. The molecule has 1 aromatic rings. The Hall–Kier alpha value is -1.90. The van der Waals surface area contributed by atoms with Gasteiger partial charge in [0, 0.05) is 5.57 Å². The van der Waals surface area contributed by atoms with Gasteiger partial charge < -0.3 is 0 Å². The normalized spacial score (nSPS) is 16.6. The molecule has 1 aliphatic heterocycles. The quantitative estimate of drug-likeness (QED) is 0.780. The molecule has 0 atom stereocenters. The number of aldehydes is 1. The Kier molecular flexibility index (Phi) is 4.50. The molecule has 3 nitrogen and oxygen atoms in total. The van der Waals surface area contributed by atoms with E-state index in [0.29, 0.717) is 10.9 Å². The molecule has 0 unspecified atom stereocenters. The standard InChI is InChI=1S/C14H10N2OS2/c1-2-12-13(10-4-3-6-18-7-5-10)16-14(19-12)11(8-15)9-17/h2-7,9H,1H3/b12-2-,14-11-. The Labute approximate surface area is 119 Å². The summed E-state index contributed by atoms with van der Waals surface area (Å²) in [7, 11) is 0. The maximum atomic E-state index is 10.8. The van der Waals surface area contributed by atoms with Crippen LogP contribution in [0.2, 0.25) is 0 Å². The molecule has 0 aliphatic carbocycles. The van der Waals surface area contributed by atoms with Crippen LogP contribution in [0.4, 0.5) is 0 Å². The number of hydrogen-bond acceptors (Lipinski definition) is 5. The van der Waals surface area contributed by atoms with Gasteiger partial charge in [-0.1, -0.05) is 18.2 Å². The molecule has 2 heterocycles. The van der Waals surface area contributed by atoms with E-state index in [1.54, 1.807) is 11.8 Å². The van der Waals surface area contributed by atoms with E-state index in [1.807, 2.05) is 48.1 Å². The lowest BCUT2D eigenvalue weighted by molar-refractivity contribution is -0.103. The first-order valence-corrected chi connectivity index (χ1v) is 7.28. The molecule has 0 N–H and O–H groups in total. The summed E-state index contributed by atoms with van der Waals surface area (Å²) >= 11 is 2.94. The summed E-state index contributed by atoms with van der Waals surface area (Å²) in [5.41, 5.74) is 1.85. The summed E-state index contributed by atoms with van der Waals surface area (Å²) < 4.78 is 1.43. The lowest BCUT2D eigenvalue weighted by Crippen LogP contribution is -2.04. The highest BCUT2D eigenvalue weighted by Gasteiger charge is 2.08. The van der Waals surface area contributed by atoms with E-state index in [0.717, 1.165) is 15.8 Å². The van der Waals surface area contributed by atoms with Crippen LogP contribution in [0.1, 0.15) is 12.6 Å². The first-order valence-electron chi connectivity index (χ1n) is 5.52. The molecule has 1 aliphatic rings. The second-order valence-corrected chi connectivity index (χ2v) is 5.40. The smallest absolute Gasteiger partial charge is 0.163 e. The number of hydrogen-bond donors (Lipinski definition) is 0. The average molecular weight is 286 g/mol. The summed E-state index contributed by atoms with van der Waals surface area (Å²) in [6, 6.07) is 1.87.